The van der Waals surface area contributed by atoms with Crippen molar-refractivity contribution < 1.29 is 4.79 Å². The number of H-pyrrole nitrogens is 1. The molecular weight excluding hydrogens is 250 g/mol. The van der Waals surface area contributed by atoms with Crippen molar-refractivity contribution in [1.82, 2.24) is 15.3 Å². The standard InChI is InChI=1S/C16H19N3O/c1-11(17-16(20)12-7-3-2-4-8-12)15-18-13-9-5-6-10-14(13)19-15/h2-3,5-6,9-12H,4,7-8H2,1H3,(H,17,20)(H,18,19). The molecule has 2 aromatic rings. The van der Waals surface area contributed by atoms with Crippen LogP contribution in [0.2, 0.25) is 0 Å². The van der Waals surface area contributed by atoms with Gasteiger partial charge >= 0.3 is 0 Å². The predicted octanol–water partition coefficient (Wildman–Crippen LogP) is 3.10. The normalized spacial score (nSPS) is 19.9. The summed E-state index contributed by atoms with van der Waals surface area (Å²) in [4.78, 5) is 20.0. The lowest BCUT2D eigenvalue weighted by Crippen LogP contribution is -2.33. The van der Waals surface area contributed by atoms with Crippen LogP contribution in [-0.4, -0.2) is 15.9 Å². The van der Waals surface area contributed by atoms with Gasteiger partial charge in [0.2, 0.25) is 5.91 Å². The van der Waals surface area contributed by atoms with Crippen LogP contribution in [0.4, 0.5) is 0 Å². The number of carbonyl (C=O) groups excluding carboxylic acids is 1. The van der Waals surface area contributed by atoms with Crippen LogP contribution in [0.15, 0.2) is 36.4 Å². The SMILES string of the molecule is CC(NC(=O)C1CC=CCC1)c1nc2ccccc2[nH]1. The maximum absolute atomic E-state index is 12.2. The van der Waals surface area contributed by atoms with Gasteiger partial charge in [-0.1, -0.05) is 24.3 Å². The van der Waals surface area contributed by atoms with E-state index in [9.17, 15) is 4.79 Å². The number of aromatic nitrogens is 2. The average Bonchev–Trinajstić information content (AvgIpc) is 2.92. The highest BCUT2D eigenvalue weighted by Crippen LogP contribution is 2.20. The number of nitrogens with zero attached hydrogens (tertiary/aromatic N) is 1. The molecule has 1 aliphatic rings. The summed E-state index contributed by atoms with van der Waals surface area (Å²) >= 11 is 0. The molecule has 1 aliphatic carbocycles. The summed E-state index contributed by atoms with van der Waals surface area (Å²) in [6, 6.07) is 7.80. The van der Waals surface area contributed by atoms with Gasteiger partial charge in [0.05, 0.1) is 17.1 Å². The quantitative estimate of drug-likeness (QED) is 0.841. The van der Waals surface area contributed by atoms with E-state index in [2.05, 4.69) is 27.4 Å². The van der Waals surface area contributed by atoms with Crippen LogP contribution in [0.1, 0.15) is 38.1 Å². The molecule has 2 atom stereocenters. The third kappa shape index (κ3) is 2.59. The molecule has 1 aromatic heterocycles. The zero-order valence-electron chi connectivity index (χ0n) is 11.6. The van der Waals surface area contributed by atoms with Gasteiger partial charge in [-0.15, -0.1) is 0 Å². The summed E-state index contributed by atoms with van der Waals surface area (Å²) in [5.41, 5.74) is 1.94. The first-order chi connectivity index (χ1) is 9.74. The van der Waals surface area contributed by atoms with Crippen LogP contribution >= 0.6 is 0 Å². The predicted molar refractivity (Wildman–Crippen MR) is 79.1 cm³/mol. The first kappa shape index (κ1) is 12.9. The number of benzene rings is 1. The van der Waals surface area contributed by atoms with Gasteiger partial charge in [-0.3, -0.25) is 4.79 Å². The molecule has 20 heavy (non-hydrogen) atoms. The molecule has 4 nitrogen and oxygen atoms in total. The Hall–Kier alpha value is -2.10. The van der Waals surface area contributed by atoms with Gasteiger partial charge < -0.3 is 10.3 Å². The van der Waals surface area contributed by atoms with E-state index in [1.807, 2.05) is 31.2 Å². The van der Waals surface area contributed by atoms with E-state index in [4.69, 9.17) is 0 Å². The number of para-hydroxylation sites is 2. The van der Waals surface area contributed by atoms with E-state index in [-0.39, 0.29) is 17.9 Å². The summed E-state index contributed by atoms with van der Waals surface area (Å²) < 4.78 is 0. The molecule has 0 fully saturated rings. The third-order valence-corrected chi connectivity index (χ3v) is 3.82. The molecule has 1 heterocycles. The molecule has 1 aromatic carbocycles. The summed E-state index contributed by atoms with van der Waals surface area (Å²) in [5.74, 6) is 1.04. The molecular formula is C16H19N3O. The van der Waals surface area contributed by atoms with Crippen molar-refractivity contribution in [3.05, 3.63) is 42.2 Å². The molecule has 0 radical (unpaired) electrons. The largest absolute Gasteiger partial charge is 0.346 e. The zero-order chi connectivity index (χ0) is 13.9. The molecule has 0 saturated carbocycles. The second kappa shape index (κ2) is 5.49. The van der Waals surface area contributed by atoms with Crippen LogP contribution in [0.3, 0.4) is 0 Å². The van der Waals surface area contributed by atoms with Crippen molar-refractivity contribution in [1.29, 1.82) is 0 Å². The number of allylic oxidation sites excluding steroid dienone is 2. The first-order valence-corrected chi connectivity index (χ1v) is 7.14. The maximum Gasteiger partial charge on any atom is 0.224 e. The molecule has 0 bridgehead atoms. The summed E-state index contributed by atoms with van der Waals surface area (Å²) in [5, 5.41) is 3.06. The molecule has 1 amide bonds. The summed E-state index contributed by atoms with van der Waals surface area (Å²) in [6.45, 7) is 1.97. The molecule has 2 unspecified atom stereocenters. The fourth-order valence-electron chi connectivity index (χ4n) is 2.61. The fourth-order valence-corrected chi connectivity index (χ4v) is 2.61. The van der Waals surface area contributed by atoms with Crippen molar-refractivity contribution in [2.45, 2.75) is 32.2 Å². The van der Waals surface area contributed by atoms with E-state index in [1.54, 1.807) is 0 Å². The summed E-state index contributed by atoms with van der Waals surface area (Å²) in [6.07, 6.45) is 7.02. The molecule has 0 spiro atoms. The van der Waals surface area contributed by atoms with Gasteiger partial charge in [0.15, 0.2) is 0 Å². The Morgan fingerprint density at radius 1 is 1.40 bits per heavy atom. The number of nitrogens with one attached hydrogen (secondary N) is 2. The van der Waals surface area contributed by atoms with Crippen LogP contribution in [-0.2, 0) is 4.79 Å². The number of imidazole rings is 1. The molecule has 0 aliphatic heterocycles. The van der Waals surface area contributed by atoms with Crippen molar-refractivity contribution in [3.8, 4) is 0 Å². The Morgan fingerprint density at radius 3 is 3.00 bits per heavy atom. The average molecular weight is 269 g/mol. The van der Waals surface area contributed by atoms with Gasteiger partial charge in [0.1, 0.15) is 5.82 Å². The number of aromatic amines is 1. The number of hydrogen-bond donors (Lipinski definition) is 2. The van der Waals surface area contributed by atoms with Crippen LogP contribution < -0.4 is 5.32 Å². The molecule has 2 N–H and O–H groups in total. The Morgan fingerprint density at radius 2 is 2.25 bits per heavy atom. The third-order valence-electron chi connectivity index (χ3n) is 3.82. The van der Waals surface area contributed by atoms with Gasteiger partial charge in [-0.05, 0) is 38.3 Å². The lowest BCUT2D eigenvalue weighted by atomic mass is 9.93. The number of rotatable bonds is 3. The molecule has 104 valence electrons. The second-order valence-electron chi connectivity index (χ2n) is 5.35. The summed E-state index contributed by atoms with van der Waals surface area (Å²) in [7, 11) is 0. The van der Waals surface area contributed by atoms with Crippen molar-refractivity contribution >= 4 is 16.9 Å². The van der Waals surface area contributed by atoms with E-state index in [1.165, 1.54) is 0 Å². The lowest BCUT2D eigenvalue weighted by molar-refractivity contribution is -0.125. The van der Waals surface area contributed by atoms with Gasteiger partial charge in [-0.25, -0.2) is 4.98 Å². The Bertz CT molecular complexity index is 611. The van der Waals surface area contributed by atoms with E-state index in [0.717, 1.165) is 36.1 Å². The second-order valence-corrected chi connectivity index (χ2v) is 5.35. The maximum atomic E-state index is 12.2. The highest BCUT2D eigenvalue weighted by atomic mass is 16.1. The van der Waals surface area contributed by atoms with E-state index >= 15 is 0 Å². The number of amides is 1. The minimum atomic E-state index is -0.0965. The van der Waals surface area contributed by atoms with Crippen molar-refractivity contribution in [3.63, 3.8) is 0 Å². The van der Waals surface area contributed by atoms with E-state index in [0.29, 0.717) is 0 Å². The van der Waals surface area contributed by atoms with Gasteiger partial charge in [0, 0.05) is 5.92 Å². The Kier molecular flexibility index (Phi) is 3.54. The molecule has 3 rings (SSSR count). The van der Waals surface area contributed by atoms with Gasteiger partial charge in [-0.2, -0.15) is 0 Å². The highest BCUT2D eigenvalue weighted by Gasteiger charge is 2.21. The highest BCUT2D eigenvalue weighted by molar-refractivity contribution is 5.79. The lowest BCUT2D eigenvalue weighted by Gasteiger charge is -2.19. The van der Waals surface area contributed by atoms with Crippen LogP contribution in [0.5, 0.6) is 0 Å². The van der Waals surface area contributed by atoms with Crippen LogP contribution in [0.25, 0.3) is 11.0 Å². The number of fused-ring (bicyclic) bond motifs is 1. The van der Waals surface area contributed by atoms with Gasteiger partial charge in [0.25, 0.3) is 0 Å². The minimum absolute atomic E-state index is 0.0965. The topological polar surface area (TPSA) is 57.8 Å². The number of carbonyl (C=O) groups is 1. The fraction of sp³-hybridized carbons (Fsp3) is 0.375. The molecule has 4 heteroatoms. The van der Waals surface area contributed by atoms with Crippen molar-refractivity contribution in [2.75, 3.05) is 0 Å². The monoisotopic (exact) mass is 269 g/mol. The minimum Gasteiger partial charge on any atom is -0.346 e. The van der Waals surface area contributed by atoms with Crippen molar-refractivity contribution in [2.24, 2.45) is 5.92 Å². The molecule has 0 saturated heterocycles. The first-order valence-electron chi connectivity index (χ1n) is 7.14. The smallest absolute Gasteiger partial charge is 0.224 e. The Balaban J connectivity index is 1.70. The number of hydrogen-bond acceptors (Lipinski definition) is 2. The Labute approximate surface area is 118 Å². The van der Waals surface area contributed by atoms with Crippen LogP contribution in [0, 0.1) is 5.92 Å². The zero-order valence-corrected chi connectivity index (χ0v) is 11.6. The van der Waals surface area contributed by atoms with E-state index < -0.39 is 0 Å².